The maximum atomic E-state index is 13.6. The van der Waals surface area contributed by atoms with Gasteiger partial charge in [0.25, 0.3) is 0 Å². The van der Waals surface area contributed by atoms with Gasteiger partial charge in [0.2, 0.25) is 11.8 Å². The Hall–Kier alpha value is -1.88. The van der Waals surface area contributed by atoms with Crippen molar-refractivity contribution in [3.63, 3.8) is 0 Å². The smallest absolute Gasteiger partial charge is 0.244 e. The first-order valence-corrected chi connectivity index (χ1v) is 11.5. The number of carbonyl (C=O) groups is 2. The van der Waals surface area contributed by atoms with Gasteiger partial charge >= 0.3 is 0 Å². The molecule has 158 valence electrons. The van der Waals surface area contributed by atoms with Gasteiger partial charge in [0, 0.05) is 32.7 Å². The van der Waals surface area contributed by atoms with E-state index in [2.05, 4.69) is 30.0 Å². The molecule has 4 rings (SSSR count). The van der Waals surface area contributed by atoms with Gasteiger partial charge in [-0.3, -0.25) is 14.5 Å². The van der Waals surface area contributed by atoms with E-state index in [9.17, 15) is 9.59 Å². The van der Waals surface area contributed by atoms with Crippen LogP contribution in [0.1, 0.15) is 62.6 Å². The normalized spacial score (nSPS) is 24.1. The van der Waals surface area contributed by atoms with Crippen LogP contribution in [0.2, 0.25) is 0 Å². The van der Waals surface area contributed by atoms with Gasteiger partial charge in [-0.15, -0.1) is 0 Å². The first-order chi connectivity index (χ1) is 14.1. The Bertz CT molecular complexity index is 719. The molecular weight excluding hydrogens is 362 g/mol. The molecule has 1 aromatic carbocycles. The quantitative estimate of drug-likeness (QED) is 0.786. The third-order valence-corrected chi connectivity index (χ3v) is 7.01. The van der Waals surface area contributed by atoms with Crippen LogP contribution in [-0.2, 0) is 16.0 Å². The molecule has 0 N–H and O–H groups in total. The molecule has 0 radical (unpaired) electrons. The van der Waals surface area contributed by atoms with Crippen LogP contribution in [0, 0.1) is 5.92 Å². The Labute approximate surface area is 175 Å². The summed E-state index contributed by atoms with van der Waals surface area (Å²) in [5.74, 6) is 1.07. The standard InChI is InChI=1S/C24H35N3O2/c1-19-10-15-26(16-11-19)24(29)23-21-9-5-4-8-20(21)12-17-27(23)18-22(28)25-13-6-2-3-7-14-25/h4-5,8-9,19,23H,2-3,6-7,10-18H2,1H3. The zero-order valence-electron chi connectivity index (χ0n) is 17.8. The van der Waals surface area contributed by atoms with Crippen molar-refractivity contribution >= 4 is 11.8 Å². The zero-order valence-corrected chi connectivity index (χ0v) is 17.8. The van der Waals surface area contributed by atoms with Crippen molar-refractivity contribution in [2.75, 3.05) is 39.3 Å². The lowest BCUT2D eigenvalue weighted by Gasteiger charge is -2.41. The van der Waals surface area contributed by atoms with E-state index < -0.39 is 0 Å². The second-order valence-corrected chi connectivity index (χ2v) is 9.12. The number of likely N-dealkylation sites (tertiary alicyclic amines) is 2. The van der Waals surface area contributed by atoms with E-state index in [1.807, 2.05) is 15.9 Å². The summed E-state index contributed by atoms with van der Waals surface area (Å²) in [5.41, 5.74) is 2.36. The molecule has 3 aliphatic heterocycles. The molecule has 0 saturated carbocycles. The molecule has 0 spiro atoms. The molecule has 1 aromatic rings. The summed E-state index contributed by atoms with van der Waals surface area (Å²) >= 11 is 0. The van der Waals surface area contributed by atoms with Crippen LogP contribution in [0.25, 0.3) is 0 Å². The number of amides is 2. The average Bonchev–Trinajstić information content (AvgIpc) is 3.03. The van der Waals surface area contributed by atoms with Crippen molar-refractivity contribution in [2.24, 2.45) is 5.92 Å². The Balaban J connectivity index is 1.53. The van der Waals surface area contributed by atoms with Crippen LogP contribution in [0.5, 0.6) is 0 Å². The minimum Gasteiger partial charge on any atom is -0.342 e. The van der Waals surface area contributed by atoms with Gasteiger partial charge < -0.3 is 9.80 Å². The van der Waals surface area contributed by atoms with E-state index in [1.165, 1.54) is 18.4 Å². The van der Waals surface area contributed by atoms with Crippen LogP contribution in [-0.4, -0.2) is 65.8 Å². The SMILES string of the molecule is CC1CCN(C(=O)C2c3ccccc3CCN2CC(=O)N2CCCCCC2)CC1. The molecule has 0 bridgehead atoms. The maximum absolute atomic E-state index is 13.6. The molecule has 5 nitrogen and oxygen atoms in total. The summed E-state index contributed by atoms with van der Waals surface area (Å²) < 4.78 is 0. The second-order valence-electron chi connectivity index (χ2n) is 9.12. The number of carbonyl (C=O) groups excluding carboxylic acids is 2. The molecule has 0 aliphatic carbocycles. The molecule has 0 aromatic heterocycles. The predicted molar refractivity (Wildman–Crippen MR) is 114 cm³/mol. The molecule has 29 heavy (non-hydrogen) atoms. The first-order valence-electron chi connectivity index (χ1n) is 11.5. The Morgan fingerprint density at radius 1 is 0.897 bits per heavy atom. The Morgan fingerprint density at radius 2 is 1.59 bits per heavy atom. The molecule has 2 saturated heterocycles. The van der Waals surface area contributed by atoms with E-state index in [4.69, 9.17) is 0 Å². The third kappa shape index (κ3) is 4.66. The van der Waals surface area contributed by atoms with E-state index in [-0.39, 0.29) is 17.9 Å². The summed E-state index contributed by atoms with van der Waals surface area (Å²) in [5, 5.41) is 0. The second kappa shape index (κ2) is 9.29. The third-order valence-electron chi connectivity index (χ3n) is 7.01. The molecule has 3 heterocycles. The highest BCUT2D eigenvalue weighted by Gasteiger charge is 2.37. The van der Waals surface area contributed by atoms with Gasteiger partial charge in [-0.2, -0.15) is 0 Å². The molecular formula is C24H35N3O2. The van der Waals surface area contributed by atoms with Gasteiger partial charge in [0.05, 0.1) is 6.54 Å². The number of hydrogen-bond donors (Lipinski definition) is 0. The van der Waals surface area contributed by atoms with Crippen molar-refractivity contribution in [3.05, 3.63) is 35.4 Å². The van der Waals surface area contributed by atoms with Gasteiger partial charge in [-0.05, 0) is 49.1 Å². The average molecular weight is 398 g/mol. The van der Waals surface area contributed by atoms with E-state index in [0.717, 1.165) is 70.4 Å². The van der Waals surface area contributed by atoms with E-state index >= 15 is 0 Å². The fourth-order valence-electron chi connectivity index (χ4n) is 5.07. The number of rotatable bonds is 3. The lowest BCUT2D eigenvalue weighted by molar-refractivity contribution is -0.141. The number of fused-ring (bicyclic) bond motifs is 1. The van der Waals surface area contributed by atoms with Crippen molar-refractivity contribution in [3.8, 4) is 0 Å². The lowest BCUT2D eigenvalue weighted by atomic mass is 9.90. The summed E-state index contributed by atoms with van der Waals surface area (Å²) in [6, 6.07) is 8.00. The summed E-state index contributed by atoms with van der Waals surface area (Å²) in [6.45, 7) is 6.81. The molecule has 3 aliphatic rings. The van der Waals surface area contributed by atoms with Crippen molar-refractivity contribution in [1.29, 1.82) is 0 Å². The fourth-order valence-corrected chi connectivity index (χ4v) is 5.07. The predicted octanol–water partition coefficient (Wildman–Crippen LogP) is 3.25. The fraction of sp³-hybridized carbons (Fsp3) is 0.667. The minimum absolute atomic E-state index is 0.188. The highest BCUT2D eigenvalue weighted by atomic mass is 16.2. The van der Waals surface area contributed by atoms with E-state index in [0.29, 0.717) is 12.5 Å². The van der Waals surface area contributed by atoms with Gasteiger partial charge in [0.15, 0.2) is 0 Å². The highest BCUT2D eigenvalue weighted by molar-refractivity contribution is 5.85. The minimum atomic E-state index is -0.315. The number of nitrogens with zero attached hydrogens (tertiary/aromatic N) is 3. The van der Waals surface area contributed by atoms with Crippen LogP contribution in [0.4, 0.5) is 0 Å². The van der Waals surface area contributed by atoms with Crippen molar-refractivity contribution in [1.82, 2.24) is 14.7 Å². The molecule has 2 fully saturated rings. The maximum Gasteiger partial charge on any atom is 0.244 e. The van der Waals surface area contributed by atoms with Gasteiger partial charge in [-0.1, -0.05) is 44.0 Å². The lowest BCUT2D eigenvalue weighted by Crippen LogP contribution is -2.51. The van der Waals surface area contributed by atoms with Crippen LogP contribution < -0.4 is 0 Å². The number of hydrogen-bond acceptors (Lipinski definition) is 3. The largest absolute Gasteiger partial charge is 0.342 e. The Kier molecular flexibility index (Phi) is 6.53. The van der Waals surface area contributed by atoms with Gasteiger partial charge in [-0.25, -0.2) is 0 Å². The summed E-state index contributed by atoms with van der Waals surface area (Å²) in [7, 11) is 0. The molecule has 2 amide bonds. The zero-order chi connectivity index (χ0) is 20.2. The molecule has 1 atom stereocenters. The monoisotopic (exact) mass is 397 g/mol. The van der Waals surface area contributed by atoms with Crippen LogP contribution in [0.15, 0.2) is 24.3 Å². The Morgan fingerprint density at radius 3 is 2.31 bits per heavy atom. The van der Waals surface area contributed by atoms with E-state index in [1.54, 1.807) is 0 Å². The first kappa shape index (κ1) is 20.4. The number of benzene rings is 1. The van der Waals surface area contributed by atoms with Crippen molar-refractivity contribution in [2.45, 2.75) is 57.9 Å². The summed E-state index contributed by atoms with van der Waals surface area (Å²) in [4.78, 5) is 32.9. The molecule has 5 heteroatoms. The van der Waals surface area contributed by atoms with Crippen LogP contribution >= 0.6 is 0 Å². The summed E-state index contributed by atoms with van der Waals surface area (Å²) in [6.07, 6.45) is 7.69. The van der Waals surface area contributed by atoms with Crippen LogP contribution in [0.3, 0.4) is 0 Å². The van der Waals surface area contributed by atoms with Crippen molar-refractivity contribution < 1.29 is 9.59 Å². The topological polar surface area (TPSA) is 43.9 Å². The van der Waals surface area contributed by atoms with Gasteiger partial charge in [0.1, 0.15) is 6.04 Å². The molecule has 1 unspecified atom stereocenters. The highest BCUT2D eigenvalue weighted by Crippen LogP contribution is 2.32. The number of piperidine rings is 1.